The fraction of sp³-hybridized carbons (Fsp3) is 0.167. The first kappa shape index (κ1) is 21.9. The van der Waals surface area contributed by atoms with E-state index in [-0.39, 0.29) is 5.91 Å². The number of aromatic nitrogens is 1. The number of benzodiazepines with no additional fused rings is 1. The van der Waals surface area contributed by atoms with Crippen molar-refractivity contribution in [1.82, 2.24) is 15.6 Å². The molecule has 0 radical (unpaired) electrons. The van der Waals surface area contributed by atoms with Crippen LogP contribution in [0.1, 0.15) is 16.8 Å². The summed E-state index contributed by atoms with van der Waals surface area (Å²) < 4.78 is 0. The van der Waals surface area contributed by atoms with Crippen molar-refractivity contribution in [3.63, 3.8) is 0 Å². The summed E-state index contributed by atoms with van der Waals surface area (Å²) in [5.41, 5.74) is 4.05. The summed E-state index contributed by atoms with van der Waals surface area (Å²) in [6.07, 6.45) is 1.59. The first-order valence-electron chi connectivity index (χ1n) is 10.2. The second kappa shape index (κ2) is 9.89. The van der Waals surface area contributed by atoms with Crippen LogP contribution in [-0.2, 0) is 11.2 Å². The molecule has 0 aliphatic carbocycles. The summed E-state index contributed by atoms with van der Waals surface area (Å²) in [5.74, 6) is -0.214. The van der Waals surface area contributed by atoms with Crippen LogP contribution in [0.15, 0.2) is 77.9 Å². The largest absolute Gasteiger partial charge is 0.362 e. The highest BCUT2D eigenvalue weighted by atomic mass is 35.5. The first-order chi connectivity index (χ1) is 15.5. The van der Waals surface area contributed by atoms with Gasteiger partial charge in [0.15, 0.2) is 5.11 Å². The highest BCUT2D eigenvalue weighted by Gasteiger charge is 2.30. The zero-order valence-electron chi connectivity index (χ0n) is 17.5. The number of carbonyl (C=O) groups is 1. The number of amides is 1. The Bertz CT molecular complexity index is 1150. The number of anilines is 1. The standard InChI is InChI=1S/C24H22ClN5OS/c1-30-20-11-10-17(25)15-19(20)21(16-7-3-2-4-8-16)28-22(23(30)31)29-24(32)27-14-12-18-9-5-6-13-26-18/h2-11,13,15,22H,12,14H2,1H3,(H2,27,29,32). The van der Waals surface area contributed by atoms with Crippen LogP contribution in [0, 0.1) is 0 Å². The van der Waals surface area contributed by atoms with E-state index in [1.165, 1.54) is 0 Å². The molecule has 6 nitrogen and oxygen atoms in total. The predicted molar refractivity (Wildman–Crippen MR) is 132 cm³/mol. The number of benzene rings is 2. The fourth-order valence-electron chi connectivity index (χ4n) is 3.49. The maximum Gasteiger partial charge on any atom is 0.272 e. The van der Waals surface area contributed by atoms with Crippen molar-refractivity contribution < 1.29 is 4.79 Å². The minimum Gasteiger partial charge on any atom is -0.362 e. The number of nitrogens with one attached hydrogen (secondary N) is 2. The van der Waals surface area contributed by atoms with E-state index in [0.717, 1.165) is 22.5 Å². The third-order valence-corrected chi connectivity index (χ3v) is 5.60. The Morgan fingerprint density at radius 1 is 1.12 bits per heavy atom. The highest BCUT2D eigenvalue weighted by molar-refractivity contribution is 7.80. The van der Waals surface area contributed by atoms with Crippen LogP contribution in [0.3, 0.4) is 0 Å². The lowest BCUT2D eigenvalue weighted by Gasteiger charge is -2.22. The molecule has 0 fully saturated rings. The summed E-state index contributed by atoms with van der Waals surface area (Å²) in [7, 11) is 1.73. The molecule has 4 rings (SSSR count). The number of pyridine rings is 1. The van der Waals surface area contributed by atoms with Gasteiger partial charge in [-0.1, -0.05) is 48.0 Å². The van der Waals surface area contributed by atoms with E-state index in [9.17, 15) is 4.79 Å². The van der Waals surface area contributed by atoms with Gasteiger partial charge >= 0.3 is 0 Å². The van der Waals surface area contributed by atoms with Crippen LogP contribution in [0.2, 0.25) is 5.02 Å². The van der Waals surface area contributed by atoms with Crippen LogP contribution in [-0.4, -0.2) is 41.5 Å². The molecule has 0 saturated carbocycles. The lowest BCUT2D eigenvalue weighted by Crippen LogP contribution is -2.49. The smallest absolute Gasteiger partial charge is 0.272 e. The molecule has 1 aliphatic rings. The van der Waals surface area contributed by atoms with Crippen molar-refractivity contribution in [2.24, 2.45) is 4.99 Å². The molecule has 162 valence electrons. The zero-order chi connectivity index (χ0) is 22.5. The number of fused-ring (bicyclic) bond motifs is 1. The third kappa shape index (κ3) is 4.95. The summed E-state index contributed by atoms with van der Waals surface area (Å²) in [6, 6.07) is 20.9. The number of hydrogen-bond donors (Lipinski definition) is 2. The molecule has 0 spiro atoms. The van der Waals surface area contributed by atoms with Crippen molar-refractivity contribution in [2.45, 2.75) is 12.6 Å². The molecule has 32 heavy (non-hydrogen) atoms. The van der Waals surface area contributed by atoms with Gasteiger partial charge in [-0.2, -0.15) is 0 Å². The number of carbonyl (C=O) groups excluding carboxylic acids is 1. The minimum atomic E-state index is -0.878. The van der Waals surface area contributed by atoms with E-state index in [2.05, 4.69) is 15.6 Å². The molecule has 8 heteroatoms. The Morgan fingerprint density at radius 2 is 1.91 bits per heavy atom. The minimum absolute atomic E-state index is 0.214. The Hall–Kier alpha value is -3.29. The van der Waals surface area contributed by atoms with Crippen LogP contribution in [0.4, 0.5) is 5.69 Å². The van der Waals surface area contributed by atoms with E-state index in [0.29, 0.717) is 28.8 Å². The van der Waals surface area contributed by atoms with Crippen molar-refractivity contribution in [1.29, 1.82) is 0 Å². The normalized spacial score (nSPS) is 15.4. The molecule has 1 unspecified atom stereocenters. The van der Waals surface area contributed by atoms with Gasteiger partial charge in [-0.3, -0.25) is 9.78 Å². The van der Waals surface area contributed by atoms with E-state index in [1.54, 1.807) is 24.2 Å². The van der Waals surface area contributed by atoms with Gasteiger partial charge in [0.05, 0.1) is 11.4 Å². The van der Waals surface area contributed by atoms with E-state index in [4.69, 9.17) is 28.8 Å². The summed E-state index contributed by atoms with van der Waals surface area (Å²) in [5, 5.41) is 7.13. The number of likely N-dealkylation sites (N-methyl/N-ethyl adjacent to an activating group) is 1. The molecule has 1 aromatic heterocycles. The maximum absolute atomic E-state index is 13.2. The molecule has 1 aliphatic heterocycles. The third-order valence-electron chi connectivity index (χ3n) is 5.11. The second-order valence-electron chi connectivity index (χ2n) is 7.28. The van der Waals surface area contributed by atoms with Crippen LogP contribution < -0.4 is 15.5 Å². The molecule has 1 amide bonds. The molecule has 1 atom stereocenters. The van der Waals surface area contributed by atoms with Crippen LogP contribution in [0.25, 0.3) is 0 Å². The van der Waals surface area contributed by atoms with Crippen molar-refractivity contribution in [3.8, 4) is 0 Å². The van der Waals surface area contributed by atoms with Gasteiger partial charge in [0.25, 0.3) is 5.91 Å². The quantitative estimate of drug-likeness (QED) is 0.566. The second-order valence-corrected chi connectivity index (χ2v) is 8.12. The number of aliphatic imine (C=N–C) groups is 1. The molecule has 2 aromatic carbocycles. The zero-order valence-corrected chi connectivity index (χ0v) is 19.0. The molecule has 3 aromatic rings. The van der Waals surface area contributed by atoms with Crippen molar-refractivity contribution in [2.75, 3.05) is 18.5 Å². The molecular weight excluding hydrogens is 442 g/mol. The molecule has 0 saturated heterocycles. The SMILES string of the molecule is CN1C(=O)C(NC(=S)NCCc2ccccn2)N=C(c2ccccc2)c2cc(Cl)ccc21. The Balaban J connectivity index is 1.58. The number of rotatable bonds is 5. The van der Waals surface area contributed by atoms with Crippen LogP contribution >= 0.6 is 23.8 Å². The monoisotopic (exact) mass is 463 g/mol. The molecule has 2 heterocycles. The number of halogens is 1. The van der Waals surface area contributed by atoms with E-state index < -0.39 is 6.17 Å². The lowest BCUT2D eigenvalue weighted by atomic mass is 10.0. The number of hydrogen-bond acceptors (Lipinski definition) is 4. The number of nitrogens with zero attached hydrogens (tertiary/aromatic N) is 3. The van der Waals surface area contributed by atoms with Crippen LogP contribution in [0.5, 0.6) is 0 Å². The molecule has 0 bridgehead atoms. The van der Waals surface area contributed by atoms with Gasteiger partial charge in [0.2, 0.25) is 6.17 Å². The topological polar surface area (TPSA) is 69.6 Å². The van der Waals surface area contributed by atoms with Crippen molar-refractivity contribution >= 4 is 46.2 Å². The number of thiocarbonyl (C=S) groups is 1. The van der Waals surface area contributed by atoms with Gasteiger partial charge in [-0.05, 0) is 42.5 Å². The summed E-state index contributed by atoms with van der Waals surface area (Å²) in [6.45, 7) is 0.588. The van der Waals surface area contributed by atoms with E-state index in [1.807, 2.05) is 60.7 Å². The maximum atomic E-state index is 13.2. The average molecular weight is 464 g/mol. The first-order valence-corrected chi connectivity index (χ1v) is 11.0. The average Bonchev–Trinajstić information content (AvgIpc) is 2.91. The van der Waals surface area contributed by atoms with Crippen molar-refractivity contribution in [3.05, 3.63) is 94.8 Å². The summed E-state index contributed by atoms with van der Waals surface area (Å²) >= 11 is 11.7. The van der Waals surface area contributed by atoms with Gasteiger partial charge < -0.3 is 15.5 Å². The van der Waals surface area contributed by atoms with Gasteiger partial charge in [0, 0.05) is 48.1 Å². The van der Waals surface area contributed by atoms with Gasteiger partial charge in [-0.25, -0.2) is 4.99 Å². The predicted octanol–water partition coefficient (Wildman–Crippen LogP) is 3.58. The van der Waals surface area contributed by atoms with E-state index >= 15 is 0 Å². The van der Waals surface area contributed by atoms with Gasteiger partial charge in [-0.15, -0.1) is 0 Å². The fourth-order valence-corrected chi connectivity index (χ4v) is 3.88. The highest BCUT2D eigenvalue weighted by Crippen LogP contribution is 2.29. The Morgan fingerprint density at radius 3 is 2.66 bits per heavy atom. The summed E-state index contributed by atoms with van der Waals surface area (Å²) in [4.78, 5) is 23.9. The Kier molecular flexibility index (Phi) is 6.78. The molecule has 2 N–H and O–H groups in total. The Labute approximate surface area is 197 Å². The lowest BCUT2D eigenvalue weighted by molar-refractivity contribution is -0.119. The molecular formula is C24H22ClN5OS. The van der Waals surface area contributed by atoms with Gasteiger partial charge in [0.1, 0.15) is 0 Å².